The fraction of sp³-hybridized carbons (Fsp3) is 0.467. The minimum absolute atomic E-state index is 0.558. The highest BCUT2D eigenvalue weighted by molar-refractivity contribution is 5.60. The summed E-state index contributed by atoms with van der Waals surface area (Å²) in [4.78, 5) is 6.78. The Hall–Kier alpha value is -1.88. The number of nitrogens with two attached hydrogens (primary N) is 1. The maximum absolute atomic E-state index is 5.81. The molecule has 20 heavy (non-hydrogen) atoms. The molecule has 0 bridgehead atoms. The van der Waals surface area contributed by atoms with Crippen molar-refractivity contribution >= 4 is 5.69 Å². The number of rotatable bonds is 6. The molecule has 0 aliphatic rings. The van der Waals surface area contributed by atoms with E-state index in [0.29, 0.717) is 5.89 Å². The molecule has 0 saturated carbocycles. The summed E-state index contributed by atoms with van der Waals surface area (Å²) in [7, 11) is 0. The maximum Gasteiger partial charge on any atom is 0.257 e. The number of likely N-dealkylation sites (N-methyl/N-ethyl adjacent to an activating group) is 1. The molecule has 2 aromatic rings. The van der Waals surface area contributed by atoms with Crippen molar-refractivity contribution in [3.63, 3.8) is 0 Å². The summed E-state index contributed by atoms with van der Waals surface area (Å²) in [5.41, 5.74) is 8.52. The number of nitrogen functional groups attached to an aromatic ring is 1. The molecule has 1 heterocycles. The molecular formula is C15H22N4O. The number of benzene rings is 1. The van der Waals surface area contributed by atoms with Crippen molar-refractivity contribution in [3.05, 3.63) is 29.6 Å². The van der Waals surface area contributed by atoms with Gasteiger partial charge >= 0.3 is 0 Å². The number of aryl methyl sites for hydroxylation is 1. The highest BCUT2D eigenvalue weighted by Crippen LogP contribution is 2.21. The van der Waals surface area contributed by atoms with Crippen molar-refractivity contribution < 1.29 is 4.52 Å². The molecule has 0 fully saturated rings. The van der Waals surface area contributed by atoms with Gasteiger partial charge in [0.2, 0.25) is 0 Å². The number of hydrogen-bond donors (Lipinski definition) is 1. The first kappa shape index (κ1) is 14.5. The topological polar surface area (TPSA) is 68.2 Å². The standard InChI is InChI=1S/C15H22N4O/c1-4-19(5-2)9-8-14-17-15(20-18-14)12-6-7-13(16)11(3)10-12/h6-7,10H,4-5,8-9,16H2,1-3H3. The van der Waals surface area contributed by atoms with Gasteiger partial charge in [-0.3, -0.25) is 0 Å². The van der Waals surface area contributed by atoms with Crippen LogP contribution >= 0.6 is 0 Å². The minimum atomic E-state index is 0.558. The van der Waals surface area contributed by atoms with Gasteiger partial charge in [-0.1, -0.05) is 19.0 Å². The minimum Gasteiger partial charge on any atom is -0.399 e. The van der Waals surface area contributed by atoms with E-state index in [9.17, 15) is 0 Å². The molecule has 0 radical (unpaired) electrons. The van der Waals surface area contributed by atoms with Crippen molar-refractivity contribution in [1.82, 2.24) is 15.0 Å². The lowest BCUT2D eigenvalue weighted by Crippen LogP contribution is -2.25. The van der Waals surface area contributed by atoms with E-state index in [-0.39, 0.29) is 0 Å². The van der Waals surface area contributed by atoms with Crippen LogP contribution in [0.5, 0.6) is 0 Å². The Labute approximate surface area is 119 Å². The zero-order chi connectivity index (χ0) is 14.5. The van der Waals surface area contributed by atoms with Crippen LogP contribution in [-0.2, 0) is 6.42 Å². The maximum atomic E-state index is 5.81. The molecular weight excluding hydrogens is 252 g/mol. The van der Waals surface area contributed by atoms with E-state index in [1.54, 1.807) is 0 Å². The van der Waals surface area contributed by atoms with E-state index in [0.717, 1.165) is 48.7 Å². The van der Waals surface area contributed by atoms with Gasteiger partial charge in [0.15, 0.2) is 5.82 Å². The Balaban J connectivity index is 2.06. The number of nitrogens with zero attached hydrogens (tertiary/aromatic N) is 3. The molecule has 1 aromatic heterocycles. The predicted octanol–water partition coefficient (Wildman–Crippen LogP) is 2.51. The molecule has 108 valence electrons. The zero-order valence-electron chi connectivity index (χ0n) is 12.4. The highest BCUT2D eigenvalue weighted by Gasteiger charge is 2.10. The van der Waals surface area contributed by atoms with Crippen molar-refractivity contribution in [2.24, 2.45) is 0 Å². The van der Waals surface area contributed by atoms with E-state index in [2.05, 4.69) is 28.9 Å². The Morgan fingerprint density at radius 3 is 2.65 bits per heavy atom. The third kappa shape index (κ3) is 3.36. The molecule has 0 aliphatic heterocycles. The number of aromatic nitrogens is 2. The van der Waals surface area contributed by atoms with Gasteiger partial charge in [0.25, 0.3) is 5.89 Å². The van der Waals surface area contributed by atoms with Gasteiger partial charge in [-0.15, -0.1) is 0 Å². The Morgan fingerprint density at radius 1 is 1.25 bits per heavy atom. The van der Waals surface area contributed by atoms with Crippen LogP contribution in [0.15, 0.2) is 22.7 Å². The van der Waals surface area contributed by atoms with Crippen molar-refractivity contribution in [1.29, 1.82) is 0 Å². The first-order valence-electron chi connectivity index (χ1n) is 7.05. The zero-order valence-corrected chi connectivity index (χ0v) is 12.4. The average molecular weight is 274 g/mol. The first-order valence-corrected chi connectivity index (χ1v) is 7.05. The lowest BCUT2D eigenvalue weighted by molar-refractivity contribution is 0.303. The molecule has 1 aromatic carbocycles. The summed E-state index contributed by atoms with van der Waals surface area (Å²) >= 11 is 0. The van der Waals surface area contributed by atoms with E-state index in [4.69, 9.17) is 10.3 Å². The van der Waals surface area contributed by atoms with E-state index in [1.165, 1.54) is 0 Å². The fourth-order valence-electron chi connectivity index (χ4n) is 2.08. The predicted molar refractivity (Wildman–Crippen MR) is 80.4 cm³/mol. The largest absolute Gasteiger partial charge is 0.399 e. The molecule has 0 unspecified atom stereocenters. The third-order valence-corrected chi connectivity index (χ3v) is 3.53. The monoisotopic (exact) mass is 274 g/mol. The Kier molecular flexibility index (Phi) is 4.74. The van der Waals surface area contributed by atoms with Crippen LogP contribution in [0.2, 0.25) is 0 Å². The lowest BCUT2D eigenvalue weighted by atomic mass is 10.1. The van der Waals surface area contributed by atoms with Crippen LogP contribution in [0, 0.1) is 6.92 Å². The third-order valence-electron chi connectivity index (χ3n) is 3.53. The van der Waals surface area contributed by atoms with Gasteiger partial charge in [-0.2, -0.15) is 4.98 Å². The summed E-state index contributed by atoms with van der Waals surface area (Å²) in [6.45, 7) is 9.31. The second-order valence-electron chi connectivity index (χ2n) is 4.86. The summed E-state index contributed by atoms with van der Waals surface area (Å²) in [6.07, 6.45) is 0.805. The molecule has 5 heteroatoms. The second-order valence-corrected chi connectivity index (χ2v) is 4.86. The number of hydrogen-bond acceptors (Lipinski definition) is 5. The fourth-order valence-corrected chi connectivity index (χ4v) is 2.08. The van der Waals surface area contributed by atoms with E-state index >= 15 is 0 Å². The quantitative estimate of drug-likeness (QED) is 0.820. The van der Waals surface area contributed by atoms with Gasteiger partial charge in [-0.25, -0.2) is 0 Å². The van der Waals surface area contributed by atoms with Crippen LogP contribution in [0.25, 0.3) is 11.5 Å². The van der Waals surface area contributed by atoms with Crippen molar-refractivity contribution in [3.8, 4) is 11.5 Å². The number of anilines is 1. The van der Waals surface area contributed by atoms with Gasteiger partial charge < -0.3 is 15.2 Å². The molecule has 2 rings (SSSR count). The SMILES string of the molecule is CCN(CC)CCc1noc(-c2ccc(N)c(C)c2)n1. The molecule has 0 spiro atoms. The molecule has 2 N–H and O–H groups in total. The first-order chi connectivity index (χ1) is 9.63. The van der Waals surface area contributed by atoms with Gasteiger partial charge in [0.1, 0.15) is 0 Å². The van der Waals surface area contributed by atoms with Crippen LogP contribution in [0.4, 0.5) is 5.69 Å². The summed E-state index contributed by atoms with van der Waals surface area (Å²) in [5.74, 6) is 1.31. The summed E-state index contributed by atoms with van der Waals surface area (Å²) in [5, 5.41) is 4.04. The molecule has 0 atom stereocenters. The van der Waals surface area contributed by atoms with Crippen LogP contribution in [0.1, 0.15) is 25.2 Å². The van der Waals surface area contributed by atoms with Gasteiger partial charge in [0.05, 0.1) is 0 Å². The van der Waals surface area contributed by atoms with Crippen LogP contribution < -0.4 is 5.73 Å². The second kappa shape index (κ2) is 6.52. The van der Waals surface area contributed by atoms with Gasteiger partial charge in [-0.05, 0) is 43.8 Å². The smallest absolute Gasteiger partial charge is 0.257 e. The van der Waals surface area contributed by atoms with Crippen molar-refractivity contribution in [2.45, 2.75) is 27.2 Å². The normalized spacial score (nSPS) is 11.2. The Bertz CT molecular complexity index is 561. The molecule has 0 saturated heterocycles. The average Bonchev–Trinajstić information content (AvgIpc) is 2.92. The highest BCUT2D eigenvalue weighted by atomic mass is 16.5. The van der Waals surface area contributed by atoms with Crippen LogP contribution in [-0.4, -0.2) is 34.7 Å². The van der Waals surface area contributed by atoms with Gasteiger partial charge in [0, 0.05) is 24.2 Å². The van der Waals surface area contributed by atoms with Crippen molar-refractivity contribution in [2.75, 3.05) is 25.4 Å². The summed E-state index contributed by atoms with van der Waals surface area (Å²) in [6, 6.07) is 5.74. The van der Waals surface area contributed by atoms with Crippen LogP contribution in [0.3, 0.4) is 0 Å². The molecule has 5 nitrogen and oxygen atoms in total. The molecule has 0 aliphatic carbocycles. The lowest BCUT2D eigenvalue weighted by Gasteiger charge is -2.16. The van der Waals surface area contributed by atoms with E-state index < -0.39 is 0 Å². The molecule has 0 amide bonds. The van der Waals surface area contributed by atoms with E-state index in [1.807, 2.05) is 25.1 Å². The summed E-state index contributed by atoms with van der Waals surface area (Å²) < 4.78 is 5.32. The Morgan fingerprint density at radius 2 is 2.00 bits per heavy atom.